The highest BCUT2D eigenvalue weighted by molar-refractivity contribution is 5.97. The lowest BCUT2D eigenvalue weighted by Crippen LogP contribution is -2.59. The molecule has 0 aliphatic carbocycles. The first-order chi connectivity index (χ1) is 34.3. The summed E-state index contributed by atoms with van der Waals surface area (Å²) >= 11 is 0. The third-order valence-electron chi connectivity index (χ3n) is 14.4. The van der Waals surface area contributed by atoms with Crippen LogP contribution in [0.15, 0.2) is 60.7 Å². The van der Waals surface area contributed by atoms with Gasteiger partial charge in [0.1, 0.15) is 36.3 Å². The lowest BCUT2D eigenvalue weighted by atomic mass is 9.96. The lowest BCUT2D eigenvalue weighted by Gasteiger charge is -2.34. The summed E-state index contributed by atoms with van der Waals surface area (Å²) in [7, 11) is 5.73. The maximum atomic E-state index is 14.2. The zero-order chi connectivity index (χ0) is 53.2. The van der Waals surface area contributed by atoms with Crippen molar-refractivity contribution in [1.82, 2.24) is 40.4 Å². The minimum atomic E-state index is -1.12. The van der Waals surface area contributed by atoms with E-state index in [9.17, 15) is 43.2 Å². The number of ether oxygens (including phenoxy) is 1. The van der Waals surface area contributed by atoms with Crippen molar-refractivity contribution in [3.05, 3.63) is 71.8 Å². The number of nitrogens with one attached hydrogen (secondary N) is 3. The number of esters is 1. The number of likely N-dealkylation sites (N-methyl/N-ethyl adjacent to an activating group) is 3. The van der Waals surface area contributed by atoms with Gasteiger partial charge in [-0.05, 0) is 55.1 Å². The molecule has 0 unspecified atom stereocenters. The number of amides is 8. The predicted molar refractivity (Wildman–Crippen MR) is 272 cm³/mol. The van der Waals surface area contributed by atoms with E-state index < -0.39 is 103 Å². The number of likely N-dealkylation sites (tertiary alicyclic amines) is 2. The molecule has 3 N–H and O–H groups in total. The number of benzene rings is 2. The Morgan fingerprint density at radius 3 is 1.69 bits per heavy atom. The highest BCUT2D eigenvalue weighted by Gasteiger charge is 2.42. The maximum Gasteiger partial charge on any atom is 0.328 e. The molecule has 0 spiro atoms. The Kier molecular flexibility index (Phi) is 22.7. The number of carbonyl (C=O) groups is 9. The number of rotatable bonds is 25. The number of nitrogens with zero attached hydrogens (tertiary/aromatic N) is 5. The first kappa shape index (κ1) is 58.2. The topological polar surface area (TPSA) is 215 Å². The van der Waals surface area contributed by atoms with Gasteiger partial charge in [0.25, 0.3) is 0 Å². The van der Waals surface area contributed by atoms with Gasteiger partial charge in [-0.2, -0.15) is 0 Å². The second-order valence-electron chi connectivity index (χ2n) is 19.8. The Bertz CT molecular complexity index is 2180. The SMILES string of the molecule is CCCC[C@@H](C)C(=O)N1CCC[C@H]1C(=O)N(C)[C@H](Cc1ccccc1)C(=O)NCC(=O)N(C)[C@@H](C(=O)N[C@H](C(=O)NCC(=O)N(C)[C@H](Cc1ccccc1)C(=O)N1CCC[C@@H]1C(=O)OC)[C@@H](C)CC)C(C)C. The Labute approximate surface area is 426 Å². The van der Waals surface area contributed by atoms with Crippen LogP contribution in [0.1, 0.15) is 104 Å². The third-order valence-corrected chi connectivity index (χ3v) is 14.4. The molecule has 0 bridgehead atoms. The molecule has 0 aromatic heterocycles. The molecule has 396 valence electrons. The van der Waals surface area contributed by atoms with Crippen LogP contribution in [0.5, 0.6) is 0 Å². The van der Waals surface area contributed by atoms with Gasteiger partial charge >= 0.3 is 5.97 Å². The van der Waals surface area contributed by atoms with Gasteiger partial charge in [-0.25, -0.2) is 4.79 Å². The highest BCUT2D eigenvalue weighted by atomic mass is 16.5. The summed E-state index contributed by atoms with van der Waals surface area (Å²) in [4.78, 5) is 131. The molecule has 2 fully saturated rings. The monoisotopic (exact) mass is 1000 g/mol. The summed E-state index contributed by atoms with van der Waals surface area (Å²) in [5.74, 6) is -5.48. The molecule has 4 rings (SSSR count). The molecule has 8 atom stereocenters. The summed E-state index contributed by atoms with van der Waals surface area (Å²) in [6.07, 6.45) is 5.53. The lowest BCUT2D eigenvalue weighted by molar-refractivity contribution is -0.154. The number of unbranched alkanes of at least 4 members (excludes halogenated alkanes) is 1. The van der Waals surface area contributed by atoms with Crippen LogP contribution >= 0.6 is 0 Å². The van der Waals surface area contributed by atoms with Crippen LogP contribution in [0, 0.1) is 17.8 Å². The molecule has 2 aromatic carbocycles. The molecule has 2 aromatic rings. The largest absolute Gasteiger partial charge is 0.467 e. The van der Waals surface area contributed by atoms with E-state index in [0.717, 1.165) is 30.4 Å². The van der Waals surface area contributed by atoms with Gasteiger partial charge < -0.3 is 45.2 Å². The molecule has 2 aliphatic rings. The number of methoxy groups -OCH3 is 1. The molecule has 0 radical (unpaired) electrons. The van der Waals surface area contributed by atoms with E-state index in [-0.39, 0.29) is 30.6 Å². The molecule has 8 amide bonds. The van der Waals surface area contributed by atoms with E-state index in [1.165, 1.54) is 40.8 Å². The predicted octanol–water partition coefficient (Wildman–Crippen LogP) is 3.35. The summed E-state index contributed by atoms with van der Waals surface area (Å²) < 4.78 is 4.96. The van der Waals surface area contributed by atoms with Crippen LogP contribution < -0.4 is 16.0 Å². The fourth-order valence-corrected chi connectivity index (χ4v) is 9.66. The molecule has 72 heavy (non-hydrogen) atoms. The standard InChI is InChI=1S/C54H80N8O10/c1-11-13-22-37(6)51(68)61-29-20-27-40(61)52(69)59(8)42(31-38-23-16-14-17-24-38)48(65)55-34-45(64)60(9)47(35(3)4)50(67)57-46(36(5)12-2)49(66)56-33-44(63)58(7)43(32-39-25-18-15-19-26-39)53(70)62-30-21-28-41(62)54(71)72-10/h14-19,23-26,35-37,40-43,46-47H,11-13,20-22,27-34H2,1-10H3,(H,55,65)(H,56,66)(H,57,67)/t36-,37+,40-,41+,42+,43+,46-,47+/m0/s1. The van der Waals surface area contributed by atoms with Gasteiger partial charge in [-0.3, -0.25) is 38.4 Å². The zero-order valence-electron chi connectivity index (χ0n) is 44.2. The third kappa shape index (κ3) is 15.3. The highest BCUT2D eigenvalue weighted by Crippen LogP contribution is 2.26. The van der Waals surface area contributed by atoms with Crippen LogP contribution in [-0.4, -0.2) is 168 Å². The van der Waals surface area contributed by atoms with Crippen molar-refractivity contribution in [1.29, 1.82) is 0 Å². The van der Waals surface area contributed by atoms with Crippen molar-refractivity contribution in [2.24, 2.45) is 17.8 Å². The van der Waals surface area contributed by atoms with Gasteiger partial charge in [0.2, 0.25) is 47.3 Å². The second-order valence-corrected chi connectivity index (χ2v) is 19.8. The zero-order valence-corrected chi connectivity index (χ0v) is 44.2. The van der Waals surface area contributed by atoms with Crippen molar-refractivity contribution in [2.75, 3.05) is 54.4 Å². The van der Waals surface area contributed by atoms with Gasteiger partial charge in [0.15, 0.2) is 0 Å². The summed E-state index contributed by atoms with van der Waals surface area (Å²) in [5, 5.41) is 8.21. The molecule has 2 aliphatic heterocycles. The van der Waals surface area contributed by atoms with E-state index in [1.54, 1.807) is 32.7 Å². The van der Waals surface area contributed by atoms with Crippen molar-refractivity contribution in [3.8, 4) is 0 Å². The summed E-state index contributed by atoms with van der Waals surface area (Å²) in [6, 6.07) is 12.6. The van der Waals surface area contributed by atoms with Crippen molar-refractivity contribution in [2.45, 2.75) is 142 Å². The minimum absolute atomic E-state index is 0.0725. The van der Waals surface area contributed by atoms with Crippen LogP contribution in [0.2, 0.25) is 0 Å². The molecule has 18 heteroatoms. The molecule has 2 heterocycles. The Hall–Kier alpha value is -6.33. The van der Waals surface area contributed by atoms with Gasteiger partial charge in [-0.1, -0.05) is 121 Å². The van der Waals surface area contributed by atoms with Crippen LogP contribution in [0.3, 0.4) is 0 Å². The van der Waals surface area contributed by atoms with Gasteiger partial charge in [0.05, 0.1) is 20.2 Å². The first-order valence-electron chi connectivity index (χ1n) is 25.7. The van der Waals surface area contributed by atoms with Crippen molar-refractivity contribution >= 4 is 53.2 Å². The molecule has 18 nitrogen and oxygen atoms in total. The number of hydrogen-bond acceptors (Lipinski definition) is 10. The normalized spacial score (nSPS) is 17.9. The van der Waals surface area contributed by atoms with Crippen LogP contribution in [-0.2, 0) is 60.7 Å². The first-order valence-corrected chi connectivity index (χ1v) is 25.7. The fraction of sp³-hybridized carbons (Fsp3) is 0.611. The maximum absolute atomic E-state index is 14.2. The second kappa shape index (κ2) is 28.1. The summed E-state index contributed by atoms with van der Waals surface area (Å²) in [6.45, 7) is 10.9. The van der Waals surface area contributed by atoms with E-state index in [2.05, 4.69) is 22.9 Å². The number of carbonyl (C=O) groups excluding carboxylic acids is 9. The van der Waals surface area contributed by atoms with Gasteiger partial charge in [0, 0.05) is 53.0 Å². The van der Waals surface area contributed by atoms with E-state index in [0.29, 0.717) is 45.2 Å². The molecule has 0 saturated carbocycles. The Morgan fingerprint density at radius 1 is 0.653 bits per heavy atom. The van der Waals surface area contributed by atoms with E-state index >= 15 is 0 Å². The quantitative estimate of drug-likeness (QED) is 0.123. The fourth-order valence-electron chi connectivity index (χ4n) is 9.66. The van der Waals surface area contributed by atoms with E-state index in [4.69, 9.17) is 4.74 Å². The van der Waals surface area contributed by atoms with Crippen molar-refractivity contribution in [3.63, 3.8) is 0 Å². The average Bonchev–Trinajstić information content (AvgIpc) is 4.09. The van der Waals surface area contributed by atoms with Gasteiger partial charge in [-0.15, -0.1) is 0 Å². The van der Waals surface area contributed by atoms with Crippen molar-refractivity contribution < 1.29 is 47.9 Å². The molecular formula is C54H80N8O10. The molecule has 2 saturated heterocycles. The number of hydrogen-bond donors (Lipinski definition) is 3. The van der Waals surface area contributed by atoms with Crippen LogP contribution in [0.25, 0.3) is 0 Å². The summed E-state index contributed by atoms with van der Waals surface area (Å²) in [5.41, 5.74) is 1.58. The Morgan fingerprint density at radius 2 is 1.17 bits per heavy atom. The average molecular weight is 1000 g/mol. The van der Waals surface area contributed by atoms with Crippen LogP contribution in [0.4, 0.5) is 0 Å². The smallest absolute Gasteiger partial charge is 0.328 e. The molecular weight excluding hydrogens is 921 g/mol. The minimum Gasteiger partial charge on any atom is -0.467 e. The Balaban J connectivity index is 1.44. The van der Waals surface area contributed by atoms with E-state index in [1.807, 2.05) is 74.5 Å².